The third kappa shape index (κ3) is 4.78. The SMILES string of the molecule is COC(=O)C(N)CSCC(=O)Nc1c(F)cccc1F. The Kier molecular flexibility index (Phi) is 6.40. The van der Waals surface area contributed by atoms with Crippen LogP contribution in [0.25, 0.3) is 0 Å². The second-order valence-electron chi connectivity index (χ2n) is 3.79. The van der Waals surface area contributed by atoms with Crippen LogP contribution in [0.1, 0.15) is 0 Å². The van der Waals surface area contributed by atoms with Gasteiger partial charge in [-0.05, 0) is 12.1 Å². The van der Waals surface area contributed by atoms with Crippen molar-refractivity contribution in [3.05, 3.63) is 29.8 Å². The topological polar surface area (TPSA) is 81.4 Å². The molecule has 0 bridgehead atoms. The van der Waals surface area contributed by atoms with Crippen molar-refractivity contribution in [2.45, 2.75) is 6.04 Å². The number of hydrogen-bond donors (Lipinski definition) is 2. The Labute approximate surface area is 118 Å². The molecular formula is C12H14F2N2O3S. The number of halogens is 2. The molecular weight excluding hydrogens is 290 g/mol. The van der Waals surface area contributed by atoms with Crippen molar-refractivity contribution in [1.29, 1.82) is 0 Å². The van der Waals surface area contributed by atoms with Crippen molar-refractivity contribution < 1.29 is 23.1 Å². The molecule has 0 spiro atoms. The maximum atomic E-state index is 13.3. The largest absolute Gasteiger partial charge is 0.468 e. The van der Waals surface area contributed by atoms with E-state index < -0.39 is 35.2 Å². The molecule has 0 saturated carbocycles. The number of benzene rings is 1. The molecule has 0 heterocycles. The van der Waals surface area contributed by atoms with Gasteiger partial charge in [-0.3, -0.25) is 9.59 Å². The fourth-order valence-corrected chi connectivity index (χ4v) is 2.06. The highest BCUT2D eigenvalue weighted by molar-refractivity contribution is 8.00. The predicted molar refractivity (Wildman–Crippen MR) is 72.3 cm³/mol. The summed E-state index contributed by atoms with van der Waals surface area (Å²) in [6, 6.07) is 2.44. The highest BCUT2D eigenvalue weighted by Crippen LogP contribution is 2.18. The minimum absolute atomic E-state index is 0.0849. The molecule has 0 aliphatic carbocycles. The summed E-state index contributed by atoms with van der Waals surface area (Å²) in [7, 11) is 1.21. The summed E-state index contributed by atoms with van der Waals surface area (Å²) in [5.74, 6) is -2.79. The molecule has 1 amide bonds. The number of nitrogens with two attached hydrogens (primary N) is 1. The second kappa shape index (κ2) is 7.81. The molecule has 20 heavy (non-hydrogen) atoms. The van der Waals surface area contributed by atoms with E-state index in [4.69, 9.17) is 5.73 Å². The van der Waals surface area contributed by atoms with Crippen LogP contribution in [0.15, 0.2) is 18.2 Å². The lowest BCUT2D eigenvalue weighted by atomic mass is 10.3. The summed E-state index contributed by atoms with van der Waals surface area (Å²) in [6.45, 7) is 0. The van der Waals surface area contributed by atoms with Crippen LogP contribution in [0.3, 0.4) is 0 Å². The van der Waals surface area contributed by atoms with Gasteiger partial charge in [-0.15, -0.1) is 11.8 Å². The van der Waals surface area contributed by atoms with Crippen LogP contribution in [0.2, 0.25) is 0 Å². The minimum atomic E-state index is -0.852. The van der Waals surface area contributed by atoms with E-state index in [-0.39, 0.29) is 11.5 Å². The van der Waals surface area contributed by atoms with Gasteiger partial charge in [-0.1, -0.05) is 6.07 Å². The molecule has 0 radical (unpaired) electrons. The number of anilines is 1. The number of nitrogens with one attached hydrogen (secondary N) is 1. The Morgan fingerprint density at radius 1 is 1.40 bits per heavy atom. The zero-order valence-electron chi connectivity index (χ0n) is 10.7. The molecule has 5 nitrogen and oxygen atoms in total. The summed E-state index contributed by atoms with van der Waals surface area (Å²) in [5.41, 5.74) is 4.98. The Hall–Kier alpha value is -1.67. The van der Waals surface area contributed by atoms with E-state index in [2.05, 4.69) is 10.1 Å². The van der Waals surface area contributed by atoms with Crippen LogP contribution in [-0.4, -0.2) is 36.5 Å². The molecule has 0 aromatic heterocycles. The van der Waals surface area contributed by atoms with Gasteiger partial charge in [0, 0.05) is 5.75 Å². The van der Waals surface area contributed by atoms with Crippen LogP contribution in [-0.2, 0) is 14.3 Å². The number of carbonyl (C=O) groups is 2. The molecule has 8 heteroatoms. The highest BCUT2D eigenvalue weighted by atomic mass is 32.2. The van der Waals surface area contributed by atoms with Gasteiger partial charge >= 0.3 is 5.97 Å². The van der Waals surface area contributed by atoms with E-state index in [9.17, 15) is 18.4 Å². The first kappa shape index (κ1) is 16.4. The quantitative estimate of drug-likeness (QED) is 0.770. The molecule has 3 N–H and O–H groups in total. The number of rotatable bonds is 6. The van der Waals surface area contributed by atoms with Crippen molar-refractivity contribution >= 4 is 29.3 Å². The van der Waals surface area contributed by atoms with E-state index in [1.807, 2.05) is 0 Å². The van der Waals surface area contributed by atoms with Gasteiger partial charge in [-0.2, -0.15) is 0 Å². The summed E-state index contributed by atoms with van der Waals surface area (Å²) >= 11 is 1.06. The summed E-state index contributed by atoms with van der Waals surface area (Å²) in [6.07, 6.45) is 0. The predicted octanol–water partition coefficient (Wildman–Crippen LogP) is 1.14. The third-order valence-electron chi connectivity index (χ3n) is 2.26. The fraction of sp³-hybridized carbons (Fsp3) is 0.333. The highest BCUT2D eigenvalue weighted by Gasteiger charge is 2.15. The number of esters is 1. The normalized spacial score (nSPS) is 11.8. The molecule has 0 fully saturated rings. The number of hydrogen-bond acceptors (Lipinski definition) is 5. The number of methoxy groups -OCH3 is 1. The Bertz CT molecular complexity index is 479. The zero-order chi connectivity index (χ0) is 15.1. The molecule has 0 aliphatic rings. The van der Waals surface area contributed by atoms with Crippen LogP contribution in [0.5, 0.6) is 0 Å². The van der Waals surface area contributed by atoms with Gasteiger partial charge in [0.25, 0.3) is 0 Å². The van der Waals surface area contributed by atoms with E-state index in [1.54, 1.807) is 0 Å². The van der Waals surface area contributed by atoms with E-state index >= 15 is 0 Å². The van der Waals surface area contributed by atoms with Gasteiger partial charge in [0.1, 0.15) is 23.4 Å². The molecule has 1 unspecified atom stereocenters. The molecule has 1 rings (SSSR count). The lowest BCUT2D eigenvalue weighted by molar-refractivity contribution is -0.141. The zero-order valence-corrected chi connectivity index (χ0v) is 11.5. The van der Waals surface area contributed by atoms with Crippen molar-refractivity contribution in [3.8, 4) is 0 Å². The Balaban J connectivity index is 2.43. The maximum Gasteiger partial charge on any atom is 0.323 e. The summed E-state index contributed by atoms with van der Waals surface area (Å²) < 4.78 is 31.0. The molecule has 1 atom stereocenters. The number of para-hydroxylation sites is 1. The van der Waals surface area contributed by atoms with Crippen molar-refractivity contribution in [3.63, 3.8) is 0 Å². The Morgan fingerprint density at radius 3 is 2.55 bits per heavy atom. The van der Waals surface area contributed by atoms with Gasteiger partial charge in [-0.25, -0.2) is 8.78 Å². The van der Waals surface area contributed by atoms with E-state index in [0.29, 0.717) is 0 Å². The first-order valence-corrected chi connectivity index (χ1v) is 6.76. The van der Waals surface area contributed by atoms with Gasteiger partial charge in [0.15, 0.2) is 0 Å². The average molecular weight is 304 g/mol. The summed E-state index contributed by atoms with van der Waals surface area (Å²) in [4.78, 5) is 22.5. The molecule has 0 saturated heterocycles. The fourth-order valence-electron chi connectivity index (χ4n) is 1.29. The lowest BCUT2D eigenvalue weighted by Crippen LogP contribution is -2.34. The first-order chi connectivity index (χ1) is 9.45. The minimum Gasteiger partial charge on any atom is -0.468 e. The average Bonchev–Trinajstić information content (AvgIpc) is 2.42. The maximum absolute atomic E-state index is 13.3. The van der Waals surface area contributed by atoms with Gasteiger partial charge in [0.05, 0.1) is 12.9 Å². The standard InChI is InChI=1S/C12H14F2N2O3S/c1-19-12(18)9(15)5-20-6-10(17)16-11-7(13)3-2-4-8(11)14/h2-4,9H,5-6,15H2,1H3,(H,16,17). The second-order valence-corrected chi connectivity index (χ2v) is 4.82. The van der Waals surface area contributed by atoms with Crippen LogP contribution in [0, 0.1) is 11.6 Å². The van der Waals surface area contributed by atoms with Crippen LogP contribution >= 0.6 is 11.8 Å². The third-order valence-corrected chi connectivity index (χ3v) is 3.32. The lowest BCUT2D eigenvalue weighted by Gasteiger charge is -2.09. The van der Waals surface area contributed by atoms with Gasteiger partial charge < -0.3 is 15.8 Å². The van der Waals surface area contributed by atoms with Crippen molar-refractivity contribution in [2.75, 3.05) is 23.9 Å². The van der Waals surface area contributed by atoms with E-state index in [0.717, 1.165) is 23.9 Å². The molecule has 0 aliphatic heterocycles. The van der Waals surface area contributed by atoms with Crippen LogP contribution in [0.4, 0.5) is 14.5 Å². The monoisotopic (exact) mass is 304 g/mol. The van der Waals surface area contributed by atoms with Crippen LogP contribution < -0.4 is 11.1 Å². The number of ether oxygens (including phenoxy) is 1. The van der Waals surface area contributed by atoms with E-state index in [1.165, 1.54) is 13.2 Å². The van der Waals surface area contributed by atoms with Gasteiger partial charge in [0.2, 0.25) is 5.91 Å². The number of carbonyl (C=O) groups excluding carboxylic acids is 2. The van der Waals surface area contributed by atoms with Crippen molar-refractivity contribution in [1.82, 2.24) is 0 Å². The molecule has 1 aromatic rings. The smallest absolute Gasteiger partial charge is 0.323 e. The first-order valence-electron chi connectivity index (χ1n) is 5.60. The molecule has 110 valence electrons. The number of amides is 1. The Morgan fingerprint density at radius 2 is 2.00 bits per heavy atom. The molecule has 1 aromatic carbocycles. The van der Waals surface area contributed by atoms with Crippen molar-refractivity contribution in [2.24, 2.45) is 5.73 Å². The number of thioether (sulfide) groups is 1. The summed E-state index contributed by atoms with van der Waals surface area (Å²) in [5, 5.41) is 2.13.